The van der Waals surface area contributed by atoms with Crippen LogP contribution in [0.5, 0.6) is 0 Å². The van der Waals surface area contributed by atoms with Crippen LogP contribution >= 0.6 is 0 Å². The number of halogens is 3. The summed E-state index contributed by atoms with van der Waals surface area (Å²) in [6.45, 7) is 0. The minimum absolute atomic E-state index is 0.180. The van der Waals surface area contributed by atoms with Crippen molar-refractivity contribution in [1.29, 1.82) is 0 Å². The Kier molecular flexibility index (Phi) is 5.78. The lowest BCUT2D eigenvalue weighted by molar-refractivity contribution is -0.125. The first kappa shape index (κ1) is 18.9. The van der Waals surface area contributed by atoms with Crippen molar-refractivity contribution in [3.63, 3.8) is 0 Å². The predicted molar refractivity (Wildman–Crippen MR) is 95.5 cm³/mol. The number of anilines is 2. The maximum Gasteiger partial charge on any atom is 0.227 e. The summed E-state index contributed by atoms with van der Waals surface area (Å²) in [5, 5.41) is 5.04. The smallest absolute Gasteiger partial charge is 0.227 e. The number of nitrogens with one attached hydrogen (secondary N) is 2. The van der Waals surface area contributed by atoms with Crippen LogP contribution in [-0.4, -0.2) is 11.8 Å². The minimum atomic E-state index is -0.823. The Balaban J connectivity index is 1.53. The molecule has 2 N–H and O–H groups in total. The van der Waals surface area contributed by atoms with Crippen molar-refractivity contribution < 1.29 is 22.8 Å². The Bertz CT molecular complexity index is 811. The van der Waals surface area contributed by atoms with E-state index in [-0.39, 0.29) is 17.6 Å². The molecule has 1 aliphatic rings. The molecule has 2 aromatic rings. The van der Waals surface area contributed by atoms with Crippen molar-refractivity contribution in [2.75, 3.05) is 10.6 Å². The highest BCUT2D eigenvalue weighted by molar-refractivity contribution is 5.94. The van der Waals surface area contributed by atoms with E-state index in [1.54, 1.807) is 0 Å². The van der Waals surface area contributed by atoms with E-state index in [9.17, 15) is 22.8 Å². The molecule has 0 aliphatic heterocycles. The molecule has 0 saturated heterocycles. The number of carbonyl (C=O) groups is 2. The van der Waals surface area contributed by atoms with E-state index in [1.807, 2.05) is 0 Å². The van der Waals surface area contributed by atoms with E-state index in [4.69, 9.17) is 0 Å². The average molecular weight is 376 g/mol. The van der Waals surface area contributed by atoms with Gasteiger partial charge in [0.25, 0.3) is 0 Å². The van der Waals surface area contributed by atoms with Crippen molar-refractivity contribution in [3.8, 4) is 0 Å². The van der Waals surface area contributed by atoms with Gasteiger partial charge < -0.3 is 10.6 Å². The lowest BCUT2D eigenvalue weighted by atomic mass is 9.81. The number of para-hydroxylation sites is 1. The fourth-order valence-corrected chi connectivity index (χ4v) is 3.24. The maximum atomic E-state index is 13.6. The summed E-state index contributed by atoms with van der Waals surface area (Å²) in [5.41, 5.74) is 0.0648. The summed E-state index contributed by atoms with van der Waals surface area (Å²) < 4.78 is 40.2. The van der Waals surface area contributed by atoms with Crippen molar-refractivity contribution in [3.05, 3.63) is 59.9 Å². The van der Waals surface area contributed by atoms with Gasteiger partial charge in [0, 0.05) is 17.5 Å². The van der Waals surface area contributed by atoms with Gasteiger partial charge in [-0.25, -0.2) is 13.2 Å². The molecule has 142 valence electrons. The Morgan fingerprint density at radius 3 is 1.74 bits per heavy atom. The Morgan fingerprint density at radius 2 is 1.22 bits per heavy atom. The van der Waals surface area contributed by atoms with E-state index in [0.717, 1.165) is 12.1 Å². The lowest BCUT2D eigenvalue weighted by Crippen LogP contribution is -2.32. The molecule has 7 heteroatoms. The van der Waals surface area contributed by atoms with Gasteiger partial charge in [-0.2, -0.15) is 0 Å². The normalized spacial score (nSPS) is 19.4. The minimum Gasteiger partial charge on any atom is -0.326 e. The van der Waals surface area contributed by atoms with Gasteiger partial charge in [-0.3, -0.25) is 9.59 Å². The number of benzene rings is 2. The second-order valence-corrected chi connectivity index (χ2v) is 6.63. The summed E-state index contributed by atoms with van der Waals surface area (Å²) >= 11 is 0. The zero-order valence-electron chi connectivity index (χ0n) is 14.5. The van der Waals surface area contributed by atoms with E-state index in [1.165, 1.54) is 30.3 Å². The van der Waals surface area contributed by atoms with Gasteiger partial charge in [-0.05, 0) is 62.1 Å². The first-order chi connectivity index (χ1) is 12.9. The molecule has 2 amide bonds. The first-order valence-electron chi connectivity index (χ1n) is 8.75. The largest absolute Gasteiger partial charge is 0.326 e. The van der Waals surface area contributed by atoms with Gasteiger partial charge in [-0.1, -0.05) is 6.07 Å². The molecule has 0 atom stereocenters. The molecule has 3 rings (SSSR count). The van der Waals surface area contributed by atoms with Crippen LogP contribution in [0.1, 0.15) is 25.7 Å². The van der Waals surface area contributed by atoms with Crippen LogP contribution in [0.3, 0.4) is 0 Å². The number of carbonyl (C=O) groups excluding carboxylic acids is 2. The quantitative estimate of drug-likeness (QED) is 0.826. The molecule has 0 radical (unpaired) electrons. The molecule has 0 bridgehead atoms. The Morgan fingerprint density at radius 1 is 0.741 bits per heavy atom. The monoisotopic (exact) mass is 376 g/mol. The number of amides is 2. The molecule has 2 aromatic carbocycles. The van der Waals surface area contributed by atoms with Crippen LogP contribution in [-0.2, 0) is 9.59 Å². The lowest BCUT2D eigenvalue weighted by Gasteiger charge is -2.27. The first-order valence-corrected chi connectivity index (χ1v) is 8.75. The summed E-state index contributed by atoms with van der Waals surface area (Å²) in [6.07, 6.45) is 1.88. The molecule has 1 saturated carbocycles. The number of rotatable bonds is 4. The molecule has 0 unspecified atom stereocenters. The zero-order valence-corrected chi connectivity index (χ0v) is 14.5. The second-order valence-electron chi connectivity index (χ2n) is 6.63. The molecular formula is C20H19F3N2O2. The van der Waals surface area contributed by atoms with Gasteiger partial charge in [0.2, 0.25) is 11.8 Å². The molecule has 0 spiro atoms. The van der Waals surface area contributed by atoms with Crippen LogP contribution in [0.15, 0.2) is 42.5 Å². The van der Waals surface area contributed by atoms with Crippen molar-refractivity contribution in [1.82, 2.24) is 0 Å². The van der Waals surface area contributed by atoms with Crippen LogP contribution in [0, 0.1) is 29.3 Å². The highest BCUT2D eigenvalue weighted by Gasteiger charge is 2.30. The third-order valence-electron chi connectivity index (χ3n) is 4.79. The fourth-order valence-electron chi connectivity index (χ4n) is 3.24. The predicted octanol–water partition coefficient (Wildman–Crippen LogP) is 4.49. The SMILES string of the molecule is O=C(Nc1ccc(F)cc1)C1CCC(C(=O)Nc2c(F)cccc2F)CC1. The number of hydrogen-bond donors (Lipinski definition) is 2. The summed E-state index contributed by atoms with van der Waals surface area (Å²) in [5.74, 6) is -3.32. The van der Waals surface area contributed by atoms with Crippen molar-refractivity contribution >= 4 is 23.2 Å². The van der Waals surface area contributed by atoms with E-state index in [2.05, 4.69) is 10.6 Å². The molecule has 1 fully saturated rings. The van der Waals surface area contributed by atoms with Crippen molar-refractivity contribution in [2.24, 2.45) is 11.8 Å². The molecule has 0 aromatic heterocycles. The van der Waals surface area contributed by atoms with Crippen LogP contribution in [0.25, 0.3) is 0 Å². The van der Waals surface area contributed by atoms with Gasteiger partial charge in [0.1, 0.15) is 23.1 Å². The van der Waals surface area contributed by atoms with Gasteiger partial charge in [0.15, 0.2) is 0 Å². The van der Waals surface area contributed by atoms with Gasteiger partial charge >= 0.3 is 0 Å². The third-order valence-corrected chi connectivity index (χ3v) is 4.79. The molecule has 27 heavy (non-hydrogen) atoms. The summed E-state index contributed by atoms with van der Waals surface area (Å²) in [7, 11) is 0. The second kappa shape index (κ2) is 8.24. The third kappa shape index (κ3) is 4.67. The maximum absolute atomic E-state index is 13.6. The van der Waals surface area contributed by atoms with Crippen LogP contribution in [0.2, 0.25) is 0 Å². The topological polar surface area (TPSA) is 58.2 Å². The molecule has 1 aliphatic carbocycles. The van der Waals surface area contributed by atoms with Crippen LogP contribution in [0.4, 0.5) is 24.5 Å². The molecule has 4 nitrogen and oxygen atoms in total. The van der Waals surface area contributed by atoms with Crippen LogP contribution < -0.4 is 10.6 Å². The fraction of sp³-hybridized carbons (Fsp3) is 0.300. The molecule has 0 heterocycles. The van der Waals surface area contributed by atoms with Crippen molar-refractivity contribution in [2.45, 2.75) is 25.7 Å². The van der Waals surface area contributed by atoms with E-state index in [0.29, 0.717) is 31.4 Å². The van der Waals surface area contributed by atoms with E-state index >= 15 is 0 Å². The average Bonchev–Trinajstić information content (AvgIpc) is 2.66. The standard InChI is InChI=1S/C20H19F3N2O2/c21-14-8-10-15(11-9-14)24-19(26)12-4-6-13(7-5-12)20(27)25-18-16(22)2-1-3-17(18)23/h1-3,8-13H,4-7H2,(H,24,26)(H,25,27). The summed E-state index contributed by atoms with van der Waals surface area (Å²) in [4.78, 5) is 24.6. The summed E-state index contributed by atoms with van der Waals surface area (Å²) in [6, 6.07) is 8.87. The molecular weight excluding hydrogens is 357 g/mol. The van der Waals surface area contributed by atoms with E-state index < -0.39 is 29.1 Å². The highest BCUT2D eigenvalue weighted by atomic mass is 19.1. The zero-order chi connectivity index (χ0) is 19.4. The Hall–Kier alpha value is -2.83. The highest BCUT2D eigenvalue weighted by Crippen LogP contribution is 2.31. The number of hydrogen-bond acceptors (Lipinski definition) is 2. The Labute approximate surface area is 154 Å². The van der Waals surface area contributed by atoms with Gasteiger partial charge in [0.05, 0.1) is 0 Å². The van der Waals surface area contributed by atoms with Gasteiger partial charge in [-0.15, -0.1) is 0 Å².